The molecule has 0 saturated carbocycles. The zero-order valence-electron chi connectivity index (χ0n) is 21.4. The summed E-state index contributed by atoms with van der Waals surface area (Å²) in [6.45, 7) is 1.14. The molecule has 0 spiro atoms. The van der Waals surface area contributed by atoms with Crippen molar-refractivity contribution in [2.24, 2.45) is 0 Å². The van der Waals surface area contributed by atoms with Crippen LogP contribution in [0.25, 0.3) is 11.3 Å². The van der Waals surface area contributed by atoms with Crippen molar-refractivity contribution in [3.63, 3.8) is 0 Å². The van der Waals surface area contributed by atoms with Gasteiger partial charge in [-0.2, -0.15) is 0 Å². The Morgan fingerprint density at radius 3 is 2.42 bits per heavy atom. The Morgan fingerprint density at radius 1 is 1.03 bits per heavy atom. The molecule has 1 amide bonds. The molecule has 38 heavy (non-hydrogen) atoms. The number of carbonyl (C=O) groups excluding carboxylic acids is 1. The number of aliphatic hydroxyl groups is 1. The maximum absolute atomic E-state index is 14.0. The first-order valence-corrected chi connectivity index (χ1v) is 12.9. The van der Waals surface area contributed by atoms with Crippen molar-refractivity contribution >= 4 is 11.9 Å². The van der Waals surface area contributed by atoms with Gasteiger partial charge in [0.05, 0.1) is 23.4 Å². The van der Waals surface area contributed by atoms with Crippen LogP contribution in [0.2, 0.25) is 0 Å². The van der Waals surface area contributed by atoms with Crippen molar-refractivity contribution in [3.8, 4) is 11.3 Å². The Hall–Kier alpha value is -4.10. The lowest BCUT2D eigenvalue weighted by molar-refractivity contribution is 0.0211. The van der Waals surface area contributed by atoms with Gasteiger partial charge in [0.1, 0.15) is 5.82 Å². The number of amides is 1. The summed E-state index contributed by atoms with van der Waals surface area (Å²) in [4.78, 5) is 27.1. The largest absolute Gasteiger partial charge is 0.386 e. The van der Waals surface area contributed by atoms with E-state index in [0.29, 0.717) is 42.3 Å². The van der Waals surface area contributed by atoms with E-state index >= 15 is 0 Å². The molecule has 1 N–H and O–H groups in total. The standard InChI is InChI=1S/C31H31FN4O2/c1-35(21-22-10-4-2-5-11-22)31-33-20-26(28(34-31)23-12-6-3-7-13-23)30(38)36-19-9-8-14-27(36)29(37)24-15-17-25(32)18-16-24/h2-7,10-13,15-18,20,27,29,37H,8-9,14,19,21H2,1H3. The first-order valence-electron chi connectivity index (χ1n) is 12.9. The van der Waals surface area contributed by atoms with Crippen molar-refractivity contribution in [3.05, 3.63) is 114 Å². The van der Waals surface area contributed by atoms with Gasteiger partial charge in [-0.15, -0.1) is 0 Å². The van der Waals surface area contributed by atoms with Crippen LogP contribution in [-0.2, 0) is 6.54 Å². The number of aliphatic hydroxyl groups excluding tert-OH is 1. The molecule has 0 aliphatic carbocycles. The number of piperidine rings is 1. The summed E-state index contributed by atoms with van der Waals surface area (Å²) in [5, 5.41) is 11.2. The molecule has 1 saturated heterocycles. The summed E-state index contributed by atoms with van der Waals surface area (Å²) < 4.78 is 13.5. The maximum atomic E-state index is 14.0. The second kappa shape index (κ2) is 11.5. The lowest BCUT2D eigenvalue weighted by Gasteiger charge is -2.39. The smallest absolute Gasteiger partial charge is 0.258 e. The van der Waals surface area contributed by atoms with E-state index in [4.69, 9.17) is 4.98 Å². The van der Waals surface area contributed by atoms with E-state index in [1.165, 1.54) is 12.1 Å². The quantitative estimate of drug-likeness (QED) is 0.348. The van der Waals surface area contributed by atoms with E-state index in [0.717, 1.165) is 24.0 Å². The zero-order valence-corrected chi connectivity index (χ0v) is 21.4. The number of rotatable bonds is 7. The van der Waals surface area contributed by atoms with Crippen LogP contribution in [0, 0.1) is 5.82 Å². The summed E-state index contributed by atoms with van der Waals surface area (Å²) >= 11 is 0. The highest BCUT2D eigenvalue weighted by Gasteiger charge is 2.35. The third-order valence-electron chi connectivity index (χ3n) is 7.04. The van der Waals surface area contributed by atoms with Gasteiger partial charge in [-0.25, -0.2) is 14.4 Å². The van der Waals surface area contributed by atoms with Crippen molar-refractivity contribution in [1.29, 1.82) is 0 Å². The number of hydrogen-bond acceptors (Lipinski definition) is 5. The van der Waals surface area contributed by atoms with Crippen LogP contribution in [0.15, 0.2) is 91.1 Å². The maximum Gasteiger partial charge on any atom is 0.258 e. The van der Waals surface area contributed by atoms with Crippen LogP contribution in [0.4, 0.5) is 10.3 Å². The van der Waals surface area contributed by atoms with E-state index in [-0.39, 0.29) is 11.7 Å². The van der Waals surface area contributed by atoms with E-state index < -0.39 is 12.1 Å². The second-order valence-corrected chi connectivity index (χ2v) is 9.70. The molecule has 3 aromatic carbocycles. The molecule has 7 heteroatoms. The van der Waals surface area contributed by atoms with Gasteiger partial charge in [-0.1, -0.05) is 72.8 Å². The summed E-state index contributed by atoms with van der Waals surface area (Å²) in [7, 11) is 1.93. The number of aromatic nitrogens is 2. The second-order valence-electron chi connectivity index (χ2n) is 9.70. The minimum absolute atomic E-state index is 0.216. The van der Waals surface area contributed by atoms with E-state index in [9.17, 15) is 14.3 Å². The summed E-state index contributed by atoms with van der Waals surface area (Å²) in [6, 6.07) is 25.1. The molecule has 2 heterocycles. The molecule has 5 rings (SSSR count). The minimum atomic E-state index is -0.919. The van der Waals surface area contributed by atoms with Crippen LogP contribution in [0.1, 0.15) is 46.9 Å². The third kappa shape index (κ3) is 5.58. The summed E-state index contributed by atoms with van der Waals surface area (Å²) in [5.41, 5.74) is 3.49. The Labute approximate surface area is 222 Å². The normalized spacial score (nSPS) is 16.2. The van der Waals surface area contributed by atoms with Gasteiger partial charge in [0.2, 0.25) is 5.95 Å². The predicted molar refractivity (Wildman–Crippen MR) is 146 cm³/mol. The van der Waals surface area contributed by atoms with Crippen LogP contribution in [-0.4, -0.2) is 45.5 Å². The Morgan fingerprint density at radius 2 is 1.71 bits per heavy atom. The van der Waals surface area contributed by atoms with E-state index in [2.05, 4.69) is 17.1 Å². The third-order valence-corrected chi connectivity index (χ3v) is 7.04. The van der Waals surface area contributed by atoms with Crippen molar-refractivity contribution in [2.75, 3.05) is 18.5 Å². The number of halogens is 1. The molecule has 0 radical (unpaired) electrons. The van der Waals surface area contributed by atoms with Gasteiger partial charge in [0.15, 0.2) is 0 Å². The van der Waals surface area contributed by atoms with Crippen LogP contribution in [0.3, 0.4) is 0 Å². The molecule has 0 bridgehead atoms. The first kappa shape index (κ1) is 25.5. The summed E-state index contributed by atoms with van der Waals surface area (Å²) in [6.07, 6.45) is 3.08. The van der Waals surface area contributed by atoms with Crippen LogP contribution < -0.4 is 4.90 Å². The molecule has 1 fully saturated rings. The van der Waals surface area contributed by atoms with Gasteiger partial charge in [-0.05, 0) is 42.5 Å². The fourth-order valence-corrected chi connectivity index (χ4v) is 5.03. The number of benzene rings is 3. The molecular formula is C31H31FN4O2. The lowest BCUT2D eigenvalue weighted by atomic mass is 9.92. The predicted octanol–water partition coefficient (Wildman–Crippen LogP) is 5.65. The average molecular weight is 511 g/mol. The fraction of sp³-hybridized carbons (Fsp3) is 0.258. The zero-order chi connectivity index (χ0) is 26.5. The highest BCUT2D eigenvalue weighted by Crippen LogP contribution is 2.32. The van der Waals surface area contributed by atoms with Crippen molar-refractivity contribution < 1.29 is 14.3 Å². The minimum Gasteiger partial charge on any atom is -0.386 e. The molecule has 2 unspecified atom stereocenters. The number of likely N-dealkylation sites (tertiary alicyclic amines) is 1. The van der Waals surface area contributed by atoms with E-state index in [1.54, 1.807) is 23.2 Å². The van der Waals surface area contributed by atoms with Crippen LogP contribution in [0.5, 0.6) is 0 Å². The Balaban J connectivity index is 1.48. The van der Waals surface area contributed by atoms with Gasteiger partial charge in [-0.3, -0.25) is 4.79 Å². The highest BCUT2D eigenvalue weighted by molar-refractivity contribution is 6.00. The van der Waals surface area contributed by atoms with Crippen molar-refractivity contribution in [2.45, 2.75) is 38.0 Å². The van der Waals surface area contributed by atoms with Crippen molar-refractivity contribution in [1.82, 2.24) is 14.9 Å². The van der Waals surface area contributed by atoms with E-state index in [1.807, 2.05) is 60.5 Å². The number of hydrogen-bond donors (Lipinski definition) is 1. The molecule has 194 valence electrons. The first-order chi connectivity index (χ1) is 18.5. The topological polar surface area (TPSA) is 69.6 Å². The molecule has 1 aliphatic heterocycles. The highest BCUT2D eigenvalue weighted by atomic mass is 19.1. The van der Waals surface area contributed by atoms with Gasteiger partial charge >= 0.3 is 0 Å². The molecule has 2 atom stereocenters. The molecular weight excluding hydrogens is 479 g/mol. The molecule has 1 aromatic heterocycles. The molecule has 4 aromatic rings. The fourth-order valence-electron chi connectivity index (χ4n) is 5.03. The lowest BCUT2D eigenvalue weighted by Crippen LogP contribution is -2.47. The van der Waals surface area contributed by atoms with Crippen LogP contribution >= 0.6 is 0 Å². The Bertz CT molecular complexity index is 1370. The van der Waals surface area contributed by atoms with Gasteiger partial charge in [0, 0.05) is 31.9 Å². The summed E-state index contributed by atoms with van der Waals surface area (Å²) in [5.74, 6) is -0.0581. The molecule has 6 nitrogen and oxygen atoms in total. The monoisotopic (exact) mass is 510 g/mol. The SMILES string of the molecule is CN(Cc1ccccc1)c1ncc(C(=O)N2CCCCC2C(O)c2ccc(F)cc2)c(-c2ccccc2)n1. The number of carbonyl (C=O) groups is 1. The Kier molecular flexibility index (Phi) is 7.75. The molecule has 1 aliphatic rings. The van der Waals surface area contributed by atoms with Gasteiger partial charge in [0.25, 0.3) is 5.91 Å². The number of nitrogens with zero attached hydrogens (tertiary/aromatic N) is 4. The number of anilines is 1. The average Bonchev–Trinajstić information content (AvgIpc) is 2.97. The van der Waals surface area contributed by atoms with Gasteiger partial charge < -0.3 is 14.9 Å².